The standard InChI is InChI=1S/C23H27ClN4O3/c1-16-4-5-17(12-19(16)24)27-23-18-13-22(21(29-2)14-20(18)25-15-26-23)31-9-3-6-28-7-10-30-11-8-28/h4-5,12-15H,3,6-11H2,1-2H3,(H,25,26,27). The molecule has 164 valence electrons. The van der Waals surface area contributed by atoms with Crippen LogP contribution >= 0.6 is 11.6 Å². The van der Waals surface area contributed by atoms with Crippen molar-refractivity contribution in [1.29, 1.82) is 0 Å². The molecule has 2 heterocycles. The van der Waals surface area contributed by atoms with E-state index in [0.717, 1.165) is 61.4 Å². The lowest BCUT2D eigenvalue weighted by atomic mass is 10.2. The number of morpholine rings is 1. The number of benzene rings is 2. The van der Waals surface area contributed by atoms with Gasteiger partial charge in [0.05, 0.1) is 32.4 Å². The van der Waals surface area contributed by atoms with Gasteiger partial charge in [-0.1, -0.05) is 17.7 Å². The fraction of sp³-hybridized carbons (Fsp3) is 0.391. The molecule has 1 aliphatic heterocycles. The summed E-state index contributed by atoms with van der Waals surface area (Å²) in [4.78, 5) is 11.2. The molecular formula is C23H27ClN4O3. The first-order chi connectivity index (χ1) is 15.1. The number of fused-ring (bicyclic) bond motifs is 1. The van der Waals surface area contributed by atoms with E-state index < -0.39 is 0 Å². The van der Waals surface area contributed by atoms with Crippen LogP contribution in [0.1, 0.15) is 12.0 Å². The van der Waals surface area contributed by atoms with Gasteiger partial charge in [-0.15, -0.1) is 0 Å². The number of nitrogens with zero attached hydrogens (tertiary/aromatic N) is 3. The van der Waals surface area contributed by atoms with E-state index in [9.17, 15) is 0 Å². The van der Waals surface area contributed by atoms with Crippen molar-refractivity contribution < 1.29 is 14.2 Å². The molecule has 0 radical (unpaired) electrons. The molecule has 1 aliphatic rings. The Labute approximate surface area is 187 Å². The summed E-state index contributed by atoms with van der Waals surface area (Å²) in [5.74, 6) is 2.02. The molecule has 0 aliphatic carbocycles. The number of nitrogens with one attached hydrogen (secondary N) is 1. The Morgan fingerprint density at radius 2 is 1.97 bits per heavy atom. The van der Waals surface area contributed by atoms with Crippen LogP contribution in [0.15, 0.2) is 36.7 Å². The van der Waals surface area contributed by atoms with Crippen LogP contribution in [0.3, 0.4) is 0 Å². The Morgan fingerprint density at radius 1 is 1.13 bits per heavy atom. The van der Waals surface area contributed by atoms with Gasteiger partial charge in [0.25, 0.3) is 0 Å². The Kier molecular flexibility index (Phi) is 7.06. The number of ether oxygens (including phenoxy) is 3. The van der Waals surface area contributed by atoms with E-state index in [-0.39, 0.29) is 0 Å². The highest BCUT2D eigenvalue weighted by atomic mass is 35.5. The predicted octanol–water partition coefficient (Wildman–Crippen LogP) is 4.44. The van der Waals surface area contributed by atoms with Crippen molar-refractivity contribution in [3.8, 4) is 11.5 Å². The largest absolute Gasteiger partial charge is 0.493 e. The summed E-state index contributed by atoms with van der Waals surface area (Å²) in [5.41, 5.74) is 2.66. The third-order valence-corrected chi connectivity index (χ3v) is 5.74. The van der Waals surface area contributed by atoms with Gasteiger partial charge < -0.3 is 19.5 Å². The van der Waals surface area contributed by atoms with Gasteiger partial charge >= 0.3 is 0 Å². The van der Waals surface area contributed by atoms with Crippen LogP contribution in [0, 0.1) is 6.92 Å². The van der Waals surface area contributed by atoms with Crippen LogP contribution in [0.25, 0.3) is 10.9 Å². The molecule has 4 rings (SSSR count). The fourth-order valence-corrected chi connectivity index (χ4v) is 3.72. The van der Waals surface area contributed by atoms with E-state index in [0.29, 0.717) is 28.9 Å². The lowest BCUT2D eigenvalue weighted by Gasteiger charge is -2.26. The van der Waals surface area contributed by atoms with E-state index in [1.807, 2.05) is 37.3 Å². The summed E-state index contributed by atoms with van der Waals surface area (Å²) >= 11 is 6.27. The Hall–Kier alpha value is -2.61. The average Bonchev–Trinajstić information content (AvgIpc) is 2.79. The minimum absolute atomic E-state index is 0.600. The van der Waals surface area contributed by atoms with Gasteiger partial charge in [0.15, 0.2) is 11.5 Å². The van der Waals surface area contributed by atoms with E-state index in [1.54, 1.807) is 7.11 Å². The first-order valence-electron chi connectivity index (χ1n) is 10.4. The number of aryl methyl sites for hydroxylation is 1. The van der Waals surface area contributed by atoms with E-state index in [1.165, 1.54) is 6.33 Å². The van der Waals surface area contributed by atoms with Crippen molar-refractivity contribution in [1.82, 2.24) is 14.9 Å². The summed E-state index contributed by atoms with van der Waals surface area (Å²) in [6, 6.07) is 9.64. The zero-order chi connectivity index (χ0) is 21.6. The number of hydrogen-bond acceptors (Lipinski definition) is 7. The second kappa shape index (κ2) is 10.1. The predicted molar refractivity (Wildman–Crippen MR) is 123 cm³/mol. The third kappa shape index (κ3) is 5.36. The number of anilines is 2. The molecule has 0 amide bonds. The number of hydrogen-bond donors (Lipinski definition) is 1. The Balaban J connectivity index is 1.51. The molecule has 0 spiro atoms. The van der Waals surface area contributed by atoms with Crippen molar-refractivity contribution in [2.45, 2.75) is 13.3 Å². The van der Waals surface area contributed by atoms with Crippen LogP contribution < -0.4 is 14.8 Å². The molecule has 1 saturated heterocycles. The normalized spacial score (nSPS) is 14.5. The molecule has 8 heteroatoms. The fourth-order valence-electron chi connectivity index (χ4n) is 3.54. The number of methoxy groups -OCH3 is 1. The van der Waals surface area contributed by atoms with E-state index in [2.05, 4.69) is 20.2 Å². The molecule has 0 unspecified atom stereocenters. The zero-order valence-corrected chi connectivity index (χ0v) is 18.6. The number of halogens is 1. The highest BCUT2D eigenvalue weighted by Crippen LogP contribution is 2.35. The molecule has 0 atom stereocenters. The second-order valence-corrected chi connectivity index (χ2v) is 7.89. The van der Waals surface area contributed by atoms with Gasteiger partial charge in [-0.2, -0.15) is 0 Å². The zero-order valence-electron chi connectivity index (χ0n) is 17.9. The minimum Gasteiger partial charge on any atom is -0.493 e. The third-order valence-electron chi connectivity index (χ3n) is 5.34. The van der Waals surface area contributed by atoms with Crippen LogP contribution in [-0.2, 0) is 4.74 Å². The molecule has 0 saturated carbocycles. The molecule has 7 nitrogen and oxygen atoms in total. The molecule has 3 aromatic rings. The van der Waals surface area contributed by atoms with Gasteiger partial charge in [0.2, 0.25) is 0 Å². The van der Waals surface area contributed by atoms with E-state index >= 15 is 0 Å². The van der Waals surface area contributed by atoms with Crippen molar-refractivity contribution in [3.05, 3.63) is 47.2 Å². The van der Waals surface area contributed by atoms with Crippen molar-refractivity contribution in [3.63, 3.8) is 0 Å². The van der Waals surface area contributed by atoms with Crippen LogP contribution in [0.5, 0.6) is 11.5 Å². The average molecular weight is 443 g/mol. The van der Waals surface area contributed by atoms with Crippen LogP contribution in [0.2, 0.25) is 5.02 Å². The first kappa shape index (κ1) is 21.6. The SMILES string of the molecule is COc1cc2ncnc(Nc3ccc(C)c(Cl)c3)c2cc1OCCCN1CCOCC1. The minimum atomic E-state index is 0.600. The van der Waals surface area contributed by atoms with Crippen molar-refractivity contribution in [2.24, 2.45) is 0 Å². The first-order valence-corrected chi connectivity index (χ1v) is 10.8. The van der Waals surface area contributed by atoms with Gasteiger partial charge in [0.1, 0.15) is 12.1 Å². The molecule has 0 bridgehead atoms. The van der Waals surface area contributed by atoms with Crippen molar-refractivity contribution in [2.75, 3.05) is 51.9 Å². The van der Waals surface area contributed by atoms with Gasteiger partial charge in [0, 0.05) is 41.8 Å². The quantitative estimate of drug-likeness (QED) is 0.517. The highest BCUT2D eigenvalue weighted by Gasteiger charge is 2.13. The lowest BCUT2D eigenvalue weighted by Crippen LogP contribution is -2.37. The molecule has 1 N–H and O–H groups in total. The lowest BCUT2D eigenvalue weighted by molar-refractivity contribution is 0.0357. The van der Waals surface area contributed by atoms with Crippen LogP contribution in [-0.4, -0.2) is 61.4 Å². The molecule has 31 heavy (non-hydrogen) atoms. The maximum Gasteiger partial charge on any atom is 0.162 e. The van der Waals surface area contributed by atoms with E-state index in [4.69, 9.17) is 25.8 Å². The number of rotatable bonds is 8. The molecular weight excluding hydrogens is 416 g/mol. The molecule has 2 aromatic carbocycles. The van der Waals surface area contributed by atoms with Crippen LogP contribution in [0.4, 0.5) is 11.5 Å². The Bertz CT molecular complexity index is 1040. The molecule has 1 aromatic heterocycles. The summed E-state index contributed by atoms with van der Waals surface area (Å²) < 4.78 is 17.0. The second-order valence-electron chi connectivity index (χ2n) is 7.49. The maximum absolute atomic E-state index is 6.27. The van der Waals surface area contributed by atoms with Gasteiger partial charge in [-0.05, 0) is 37.1 Å². The van der Waals surface area contributed by atoms with Gasteiger partial charge in [-0.25, -0.2) is 9.97 Å². The smallest absolute Gasteiger partial charge is 0.162 e. The summed E-state index contributed by atoms with van der Waals surface area (Å²) in [6.45, 7) is 7.14. The van der Waals surface area contributed by atoms with Gasteiger partial charge in [-0.3, -0.25) is 4.90 Å². The summed E-state index contributed by atoms with van der Waals surface area (Å²) in [6.07, 6.45) is 2.46. The van der Waals surface area contributed by atoms with Crippen molar-refractivity contribution >= 4 is 34.0 Å². The number of aromatic nitrogens is 2. The summed E-state index contributed by atoms with van der Waals surface area (Å²) in [7, 11) is 1.64. The Morgan fingerprint density at radius 3 is 2.74 bits per heavy atom. The maximum atomic E-state index is 6.27. The highest BCUT2D eigenvalue weighted by molar-refractivity contribution is 6.31. The monoisotopic (exact) mass is 442 g/mol. The topological polar surface area (TPSA) is 68.7 Å². The molecule has 1 fully saturated rings. The summed E-state index contributed by atoms with van der Waals surface area (Å²) in [5, 5.41) is 4.89.